The SMILES string of the molecule is NC(=O)CCCCc1nccc(NC(N)=NCC(F)(F)F)n1. The largest absolute Gasteiger partial charge is 0.408 e. The van der Waals surface area contributed by atoms with Crippen molar-refractivity contribution in [2.75, 3.05) is 11.9 Å². The Hall–Kier alpha value is -2.39. The summed E-state index contributed by atoms with van der Waals surface area (Å²) < 4.78 is 36.0. The summed E-state index contributed by atoms with van der Waals surface area (Å²) in [6.45, 7) is -1.36. The molecule has 1 heterocycles. The Morgan fingerprint density at radius 2 is 2.05 bits per heavy atom. The zero-order chi connectivity index (χ0) is 16.6. The van der Waals surface area contributed by atoms with Crippen molar-refractivity contribution in [2.24, 2.45) is 16.5 Å². The standard InChI is InChI=1S/C12H17F3N6O/c13-12(14,15)7-19-11(17)21-10-5-6-18-9(20-10)4-2-1-3-8(16)22/h5-6H,1-4,7H2,(H2,16,22)(H3,17,18,19,20,21). The van der Waals surface area contributed by atoms with Crippen LogP contribution in [0.2, 0.25) is 0 Å². The van der Waals surface area contributed by atoms with E-state index < -0.39 is 12.7 Å². The maximum atomic E-state index is 12.0. The van der Waals surface area contributed by atoms with Crippen LogP contribution in [0.3, 0.4) is 0 Å². The van der Waals surface area contributed by atoms with Crippen molar-refractivity contribution >= 4 is 17.7 Å². The average molecular weight is 318 g/mol. The second-order valence-electron chi connectivity index (χ2n) is 4.47. The van der Waals surface area contributed by atoms with Gasteiger partial charge >= 0.3 is 6.18 Å². The van der Waals surface area contributed by atoms with Gasteiger partial charge in [0.2, 0.25) is 5.91 Å². The summed E-state index contributed by atoms with van der Waals surface area (Å²) in [5.41, 5.74) is 10.4. The minimum absolute atomic E-state index is 0.253. The van der Waals surface area contributed by atoms with Gasteiger partial charge < -0.3 is 16.8 Å². The zero-order valence-electron chi connectivity index (χ0n) is 11.7. The molecule has 1 amide bonds. The highest BCUT2D eigenvalue weighted by atomic mass is 19.4. The highest BCUT2D eigenvalue weighted by Gasteiger charge is 2.26. The number of carbonyl (C=O) groups is 1. The molecule has 122 valence electrons. The number of carbonyl (C=O) groups excluding carboxylic acids is 1. The molecule has 7 nitrogen and oxygen atoms in total. The van der Waals surface area contributed by atoms with Crippen molar-refractivity contribution in [3.05, 3.63) is 18.1 Å². The van der Waals surface area contributed by atoms with Gasteiger partial charge in [0.15, 0.2) is 5.96 Å². The molecule has 22 heavy (non-hydrogen) atoms. The lowest BCUT2D eigenvalue weighted by atomic mass is 10.2. The number of primary amides is 1. The van der Waals surface area contributed by atoms with Crippen molar-refractivity contribution in [1.82, 2.24) is 9.97 Å². The third-order valence-electron chi connectivity index (χ3n) is 2.46. The first-order valence-electron chi connectivity index (χ1n) is 6.50. The summed E-state index contributed by atoms with van der Waals surface area (Å²) in [5.74, 6) is -0.0119. The molecule has 0 atom stereocenters. The lowest BCUT2D eigenvalue weighted by Gasteiger charge is -2.07. The van der Waals surface area contributed by atoms with Crippen LogP contribution in [-0.4, -0.2) is 34.6 Å². The lowest BCUT2D eigenvalue weighted by Crippen LogP contribution is -2.26. The fourth-order valence-electron chi connectivity index (χ4n) is 1.52. The van der Waals surface area contributed by atoms with Gasteiger partial charge in [0.1, 0.15) is 18.2 Å². The van der Waals surface area contributed by atoms with E-state index in [1.807, 2.05) is 0 Å². The number of hydrogen-bond donors (Lipinski definition) is 3. The molecule has 0 aliphatic carbocycles. The minimum Gasteiger partial charge on any atom is -0.370 e. The summed E-state index contributed by atoms with van der Waals surface area (Å²) in [6, 6.07) is 1.46. The Labute approximate surface area is 125 Å². The predicted octanol–water partition coefficient (Wildman–Crippen LogP) is 0.964. The van der Waals surface area contributed by atoms with E-state index in [1.54, 1.807) is 0 Å². The van der Waals surface area contributed by atoms with Crippen molar-refractivity contribution in [2.45, 2.75) is 31.9 Å². The van der Waals surface area contributed by atoms with E-state index >= 15 is 0 Å². The summed E-state index contributed by atoms with van der Waals surface area (Å²) in [4.78, 5) is 21.9. The summed E-state index contributed by atoms with van der Waals surface area (Å²) >= 11 is 0. The molecule has 1 aromatic rings. The smallest absolute Gasteiger partial charge is 0.370 e. The molecular formula is C12H17F3N6O. The number of alkyl halides is 3. The molecule has 0 unspecified atom stereocenters. The van der Waals surface area contributed by atoms with Crippen LogP contribution in [0, 0.1) is 0 Å². The van der Waals surface area contributed by atoms with Crippen LogP contribution >= 0.6 is 0 Å². The van der Waals surface area contributed by atoms with E-state index in [4.69, 9.17) is 11.5 Å². The van der Waals surface area contributed by atoms with E-state index in [2.05, 4.69) is 20.3 Å². The van der Waals surface area contributed by atoms with Gasteiger partial charge in [-0.2, -0.15) is 13.2 Å². The molecule has 0 spiro atoms. The van der Waals surface area contributed by atoms with Crippen LogP contribution in [0.25, 0.3) is 0 Å². The van der Waals surface area contributed by atoms with Gasteiger partial charge in [0.05, 0.1) is 0 Å². The molecule has 0 aliphatic rings. The number of rotatable bonds is 7. The number of aliphatic imine (C=N–C) groups is 1. The maximum absolute atomic E-state index is 12.0. The Morgan fingerprint density at radius 3 is 2.68 bits per heavy atom. The molecule has 1 aromatic heterocycles. The van der Waals surface area contributed by atoms with Crippen LogP contribution in [-0.2, 0) is 11.2 Å². The first kappa shape index (κ1) is 17.7. The highest BCUT2D eigenvalue weighted by molar-refractivity contribution is 5.91. The van der Waals surface area contributed by atoms with E-state index in [1.165, 1.54) is 12.3 Å². The van der Waals surface area contributed by atoms with Gasteiger partial charge in [-0.25, -0.2) is 15.0 Å². The number of amides is 1. The third-order valence-corrected chi connectivity index (χ3v) is 2.46. The summed E-state index contributed by atoms with van der Waals surface area (Å²) in [7, 11) is 0. The van der Waals surface area contributed by atoms with E-state index in [9.17, 15) is 18.0 Å². The molecular weight excluding hydrogens is 301 g/mol. The molecule has 5 N–H and O–H groups in total. The molecule has 0 fully saturated rings. The fraction of sp³-hybridized carbons (Fsp3) is 0.500. The molecule has 0 bridgehead atoms. The van der Waals surface area contributed by atoms with Gasteiger partial charge in [-0.1, -0.05) is 0 Å². The number of unbranched alkanes of at least 4 members (excludes halogenated alkanes) is 1. The average Bonchev–Trinajstić information content (AvgIpc) is 2.41. The molecule has 0 aliphatic heterocycles. The number of nitrogens with two attached hydrogens (primary N) is 2. The topological polar surface area (TPSA) is 119 Å². The Morgan fingerprint density at radius 1 is 1.32 bits per heavy atom. The first-order valence-corrected chi connectivity index (χ1v) is 6.50. The summed E-state index contributed by atoms with van der Waals surface area (Å²) in [6.07, 6.45) is -0.869. The number of hydrogen-bond acceptors (Lipinski definition) is 4. The van der Waals surface area contributed by atoms with E-state index in [0.29, 0.717) is 25.1 Å². The van der Waals surface area contributed by atoms with Gasteiger partial charge in [-0.15, -0.1) is 0 Å². The molecule has 0 saturated heterocycles. The number of nitrogens with one attached hydrogen (secondary N) is 1. The minimum atomic E-state index is -4.41. The number of nitrogens with zero attached hydrogens (tertiary/aromatic N) is 3. The van der Waals surface area contributed by atoms with Crippen molar-refractivity contribution < 1.29 is 18.0 Å². The van der Waals surface area contributed by atoms with Gasteiger partial charge in [-0.3, -0.25) is 4.79 Å². The Balaban J connectivity index is 2.51. The Bertz CT molecular complexity index is 532. The lowest BCUT2D eigenvalue weighted by molar-refractivity contribution is -0.119. The predicted molar refractivity (Wildman–Crippen MR) is 74.9 cm³/mol. The molecule has 1 rings (SSSR count). The number of guanidine groups is 1. The molecule has 0 aromatic carbocycles. The number of anilines is 1. The van der Waals surface area contributed by atoms with Crippen molar-refractivity contribution in [1.29, 1.82) is 0 Å². The van der Waals surface area contributed by atoms with Crippen molar-refractivity contribution in [3.63, 3.8) is 0 Å². The first-order chi connectivity index (χ1) is 10.3. The monoisotopic (exact) mass is 318 g/mol. The van der Waals surface area contributed by atoms with E-state index in [-0.39, 0.29) is 24.1 Å². The second kappa shape index (κ2) is 8.15. The van der Waals surface area contributed by atoms with Gasteiger partial charge in [-0.05, 0) is 18.9 Å². The highest BCUT2D eigenvalue weighted by Crippen LogP contribution is 2.14. The summed E-state index contributed by atoms with van der Waals surface area (Å²) in [5, 5.41) is 2.47. The quantitative estimate of drug-likeness (QED) is 0.393. The normalized spacial score (nSPS) is 12.2. The van der Waals surface area contributed by atoms with Crippen LogP contribution in [0.5, 0.6) is 0 Å². The fourth-order valence-corrected chi connectivity index (χ4v) is 1.52. The molecule has 0 saturated carbocycles. The van der Waals surface area contributed by atoms with Crippen LogP contribution in [0.4, 0.5) is 19.0 Å². The third kappa shape index (κ3) is 8.02. The molecule has 0 radical (unpaired) electrons. The second-order valence-corrected chi connectivity index (χ2v) is 4.47. The zero-order valence-corrected chi connectivity index (χ0v) is 11.7. The number of aromatic nitrogens is 2. The van der Waals surface area contributed by atoms with Gasteiger partial charge in [0.25, 0.3) is 0 Å². The van der Waals surface area contributed by atoms with Crippen molar-refractivity contribution in [3.8, 4) is 0 Å². The van der Waals surface area contributed by atoms with Crippen LogP contribution in [0.1, 0.15) is 25.1 Å². The Kier molecular flexibility index (Phi) is 6.54. The van der Waals surface area contributed by atoms with Gasteiger partial charge in [0, 0.05) is 19.0 Å². The molecule has 10 heteroatoms. The van der Waals surface area contributed by atoms with Crippen LogP contribution < -0.4 is 16.8 Å². The number of halogens is 3. The van der Waals surface area contributed by atoms with Crippen LogP contribution in [0.15, 0.2) is 17.3 Å². The maximum Gasteiger partial charge on any atom is 0.408 e. The van der Waals surface area contributed by atoms with E-state index in [0.717, 1.165) is 0 Å². The number of aryl methyl sites for hydroxylation is 1.